The molecule has 0 spiro atoms. The maximum Gasteiger partial charge on any atom is 0.416 e. The van der Waals surface area contributed by atoms with E-state index in [9.17, 15) is 18.3 Å². The first-order valence-corrected chi connectivity index (χ1v) is 10.6. The number of piperidine rings is 1. The number of rotatable bonds is 6. The van der Waals surface area contributed by atoms with Crippen molar-refractivity contribution in [1.29, 1.82) is 0 Å². The molecule has 1 aliphatic heterocycles. The van der Waals surface area contributed by atoms with Gasteiger partial charge in [-0.05, 0) is 43.0 Å². The normalized spacial score (nSPS) is 15.9. The van der Waals surface area contributed by atoms with Gasteiger partial charge in [0.05, 0.1) is 17.2 Å². The van der Waals surface area contributed by atoms with Crippen LogP contribution in [-0.4, -0.2) is 29.7 Å². The van der Waals surface area contributed by atoms with E-state index < -0.39 is 17.8 Å². The van der Waals surface area contributed by atoms with Crippen LogP contribution in [0.2, 0.25) is 0 Å². The van der Waals surface area contributed by atoms with Crippen LogP contribution in [0, 0.1) is 0 Å². The summed E-state index contributed by atoms with van der Waals surface area (Å²) in [5.74, 6) is 0.913. The van der Waals surface area contributed by atoms with E-state index in [4.69, 9.17) is 4.98 Å². The zero-order valence-corrected chi connectivity index (χ0v) is 17.2. The Morgan fingerprint density at radius 3 is 2.48 bits per heavy atom. The Kier molecular flexibility index (Phi) is 6.43. The summed E-state index contributed by atoms with van der Waals surface area (Å²) in [6.45, 7) is 2.31. The standard InChI is InChI=1S/C24H26F3N3O/c25-24(26,27)20-10-4-3-9-19(20)22(31)16-28-15-18-14-17-8-2-5-11-21(17)29-23(18)30-12-6-1-7-13-30/h2-5,8-11,14,22,28,31H,1,6-7,12-13,15-16H2. The average molecular weight is 429 g/mol. The van der Waals surface area contributed by atoms with Gasteiger partial charge in [0.25, 0.3) is 0 Å². The van der Waals surface area contributed by atoms with E-state index in [0.717, 1.165) is 54.3 Å². The lowest BCUT2D eigenvalue weighted by Gasteiger charge is -2.30. The van der Waals surface area contributed by atoms with Gasteiger partial charge in [-0.25, -0.2) is 4.98 Å². The van der Waals surface area contributed by atoms with Crippen LogP contribution in [0.5, 0.6) is 0 Å². The van der Waals surface area contributed by atoms with Crippen LogP contribution in [0.25, 0.3) is 10.9 Å². The lowest BCUT2D eigenvalue weighted by Crippen LogP contribution is -2.32. The number of benzene rings is 2. The number of aliphatic hydroxyl groups excluding tert-OH is 1. The van der Waals surface area contributed by atoms with Gasteiger partial charge < -0.3 is 15.3 Å². The molecule has 0 saturated carbocycles. The van der Waals surface area contributed by atoms with Crippen LogP contribution in [-0.2, 0) is 12.7 Å². The summed E-state index contributed by atoms with van der Waals surface area (Å²) in [5.41, 5.74) is 0.990. The Balaban J connectivity index is 1.52. The lowest BCUT2D eigenvalue weighted by molar-refractivity contribution is -0.139. The molecule has 1 fully saturated rings. The Hall–Kier alpha value is -2.64. The number of halogens is 3. The van der Waals surface area contributed by atoms with Crippen molar-refractivity contribution in [3.05, 3.63) is 71.3 Å². The molecule has 1 unspecified atom stereocenters. The zero-order chi connectivity index (χ0) is 21.8. The van der Waals surface area contributed by atoms with Gasteiger partial charge >= 0.3 is 6.18 Å². The predicted octanol–water partition coefficient (Wildman–Crippen LogP) is 5.07. The third-order valence-corrected chi connectivity index (χ3v) is 5.71. The highest BCUT2D eigenvalue weighted by Gasteiger charge is 2.34. The van der Waals surface area contributed by atoms with Crippen molar-refractivity contribution < 1.29 is 18.3 Å². The highest BCUT2D eigenvalue weighted by molar-refractivity contribution is 5.81. The molecule has 1 aliphatic rings. The maximum absolute atomic E-state index is 13.3. The van der Waals surface area contributed by atoms with Crippen LogP contribution in [0.15, 0.2) is 54.6 Å². The van der Waals surface area contributed by atoms with Crippen LogP contribution in [0.3, 0.4) is 0 Å². The molecule has 2 N–H and O–H groups in total. The van der Waals surface area contributed by atoms with E-state index >= 15 is 0 Å². The Bertz CT molecular complexity index is 1030. The molecule has 2 aromatic carbocycles. The molecule has 0 aliphatic carbocycles. The van der Waals surface area contributed by atoms with E-state index in [1.165, 1.54) is 24.6 Å². The minimum atomic E-state index is -4.50. The topological polar surface area (TPSA) is 48.4 Å². The first-order chi connectivity index (χ1) is 14.9. The number of aromatic nitrogens is 1. The van der Waals surface area contributed by atoms with Crippen LogP contribution in [0.4, 0.5) is 19.0 Å². The molecular formula is C24H26F3N3O. The van der Waals surface area contributed by atoms with Gasteiger partial charge in [0.2, 0.25) is 0 Å². The summed E-state index contributed by atoms with van der Waals surface area (Å²) in [6.07, 6.45) is -2.31. The fourth-order valence-corrected chi connectivity index (χ4v) is 4.16. The summed E-state index contributed by atoms with van der Waals surface area (Å²) >= 11 is 0. The number of aliphatic hydroxyl groups is 1. The molecule has 1 saturated heterocycles. The fraction of sp³-hybridized carbons (Fsp3) is 0.375. The second-order valence-electron chi connectivity index (χ2n) is 7.94. The monoisotopic (exact) mass is 429 g/mol. The summed E-state index contributed by atoms with van der Waals surface area (Å²) in [5, 5.41) is 14.6. The molecule has 3 aromatic rings. The van der Waals surface area contributed by atoms with E-state index in [1.54, 1.807) is 0 Å². The molecule has 0 radical (unpaired) electrons. The molecule has 0 bridgehead atoms. The SMILES string of the molecule is OC(CNCc1cc2ccccc2nc1N1CCCCC1)c1ccccc1C(F)(F)F. The van der Waals surface area contributed by atoms with Gasteiger partial charge in [-0.1, -0.05) is 36.4 Å². The first-order valence-electron chi connectivity index (χ1n) is 10.6. The van der Waals surface area contributed by atoms with Crippen molar-refractivity contribution in [2.24, 2.45) is 0 Å². The molecule has 1 atom stereocenters. The summed E-state index contributed by atoms with van der Waals surface area (Å²) in [4.78, 5) is 7.16. The second kappa shape index (κ2) is 9.24. The van der Waals surface area contributed by atoms with Crippen molar-refractivity contribution >= 4 is 16.7 Å². The minimum absolute atomic E-state index is 0.0133. The van der Waals surface area contributed by atoms with Gasteiger partial charge in [-0.15, -0.1) is 0 Å². The van der Waals surface area contributed by atoms with Crippen molar-refractivity contribution in [1.82, 2.24) is 10.3 Å². The van der Waals surface area contributed by atoms with Gasteiger partial charge in [-0.3, -0.25) is 0 Å². The van der Waals surface area contributed by atoms with E-state index in [0.29, 0.717) is 6.54 Å². The van der Waals surface area contributed by atoms with Crippen molar-refractivity contribution in [3.8, 4) is 0 Å². The lowest BCUT2D eigenvalue weighted by atomic mass is 10.0. The third-order valence-electron chi connectivity index (χ3n) is 5.71. The van der Waals surface area contributed by atoms with Gasteiger partial charge in [0.15, 0.2) is 0 Å². The smallest absolute Gasteiger partial charge is 0.387 e. The van der Waals surface area contributed by atoms with Crippen LogP contribution < -0.4 is 10.2 Å². The first kappa shape index (κ1) is 21.6. The number of fused-ring (bicyclic) bond motifs is 1. The molecule has 1 aromatic heterocycles. The van der Waals surface area contributed by atoms with Crippen LogP contribution >= 0.6 is 0 Å². The highest BCUT2D eigenvalue weighted by atomic mass is 19.4. The molecule has 4 rings (SSSR count). The highest BCUT2D eigenvalue weighted by Crippen LogP contribution is 2.34. The average Bonchev–Trinajstić information content (AvgIpc) is 2.78. The number of pyridine rings is 1. The molecule has 0 amide bonds. The molecule has 4 nitrogen and oxygen atoms in total. The van der Waals surface area contributed by atoms with Crippen LogP contribution in [0.1, 0.15) is 42.1 Å². The van der Waals surface area contributed by atoms with E-state index in [2.05, 4.69) is 16.3 Å². The Morgan fingerprint density at radius 2 is 1.71 bits per heavy atom. The number of nitrogens with zero attached hydrogens (tertiary/aromatic N) is 2. The van der Waals surface area contributed by atoms with Crippen molar-refractivity contribution in [3.63, 3.8) is 0 Å². The van der Waals surface area contributed by atoms with E-state index in [-0.39, 0.29) is 12.1 Å². The Labute approximate surface area is 179 Å². The largest absolute Gasteiger partial charge is 0.416 e. The van der Waals surface area contributed by atoms with Gasteiger partial charge in [0, 0.05) is 37.1 Å². The zero-order valence-electron chi connectivity index (χ0n) is 17.2. The van der Waals surface area contributed by atoms with E-state index in [1.807, 2.05) is 24.3 Å². The number of alkyl halides is 3. The maximum atomic E-state index is 13.3. The third kappa shape index (κ3) is 4.99. The second-order valence-corrected chi connectivity index (χ2v) is 7.94. The molecule has 31 heavy (non-hydrogen) atoms. The minimum Gasteiger partial charge on any atom is -0.387 e. The number of nitrogens with one attached hydrogen (secondary N) is 1. The quantitative estimate of drug-likeness (QED) is 0.575. The molecule has 2 heterocycles. The number of para-hydroxylation sites is 1. The molecular weight excluding hydrogens is 403 g/mol. The summed E-state index contributed by atoms with van der Waals surface area (Å²) < 4.78 is 39.8. The van der Waals surface area contributed by atoms with Gasteiger partial charge in [0.1, 0.15) is 5.82 Å². The predicted molar refractivity (Wildman–Crippen MR) is 116 cm³/mol. The summed E-state index contributed by atoms with van der Waals surface area (Å²) in [6, 6.07) is 15.1. The molecule has 164 valence electrons. The fourth-order valence-electron chi connectivity index (χ4n) is 4.16. The Morgan fingerprint density at radius 1 is 1.00 bits per heavy atom. The van der Waals surface area contributed by atoms with Gasteiger partial charge in [-0.2, -0.15) is 13.2 Å². The number of hydrogen-bond acceptors (Lipinski definition) is 4. The molecule has 7 heteroatoms. The number of hydrogen-bond donors (Lipinski definition) is 2. The van der Waals surface area contributed by atoms with Crippen molar-refractivity contribution in [2.45, 2.75) is 38.1 Å². The summed E-state index contributed by atoms with van der Waals surface area (Å²) in [7, 11) is 0. The number of anilines is 1. The van der Waals surface area contributed by atoms with Crippen molar-refractivity contribution in [2.75, 3.05) is 24.5 Å².